The normalized spacial score (nSPS) is 18.5. The van der Waals surface area contributed by atoms with Crippen LogP contribution >= 0.6 is 11.3 Å². The Morgan fingerprint density at radius 2 is 2.00 bits per heavy atom. The van der Waals surface area contributed by atoms with Gasteiger partial charge in [0.15, 0.2) is 0 Å². The van der Waals surface area contributed by atoms with E-state index < -0.39 is 11.9 Å². The summed E-state index contributed by atoms with van der Waals surface area (Å²) in [5.74, 6) is -1.87. The Balaban J connectivity index is 1.54. The quantitative estimate of drug-likeness (QED) is 0.670. The molecule has 0 radical (unpaired) electrons. The smallest absolute Gasteiger partial charge is 0.341 e. The number of nitrogens with zero attached hydrogens (tertiary/aromatic N) is 2. The Morgan fingerprint density at radius 3 is 2.69 bits per heavy atom. The lowest BCUT2D eigenvalue weighted by Crippen LogP contribution is -2.30. The van der Waals surface area contributed by atoms with Crippen LogP contribution in [0.5, 0.6) is 0 Å². The maximum absolute atomic E-state index is 13.2. The van der Waals surface area contributed by atoms with Gasteiger partial charge in [0.05, 0.1) is 18.1 Å². The third-order valence-electron chi connectivity index (χ3n) is 5.93. The summed E-state index contributed by atoms with van der Waals surface area (Å²) < 4.78 is 18.5. The van der Waals surface area contributed by atoms with E-state index in [1.807, 2.05) is 0 Å². The number of carbonyl (C=O) groups excluding carboxylic acids is 3. The molecule has 0 spiro atoms. The first-order valence-corrected chi connectivity index (χ1v) is 11.6. The van der Waals surface area contributed by atoms with Crippen LogP contribution in [-0.2, 0) is 27.3 Å². The summed E-state index contributed by atoms with van der Waals surface area (Å²) in [6.45, 7) is 6.81. The van der Waals surface area contributed by atoms with Crippen molar-refractivity contribution in [3.8, 4) is 0 Å². The van der Waals surface area contributed by atoms with Crippen molar-refractivity contribution in [3.05, 3.63) is 46.1 Å². The fraction of sp³-hybridized carbons (Fsp3) is 0.435. The summed E-state index contributed by atoms with van der Waals surface area (Å²) in [6, 6.07) is 5.63. The molecule has 1 unspecified atom stereocenters. The first kappa shape index (κ1) is 22.4. The summed E-state index contributed by atoms with van der Waals surface area (Å²) in [5.41, 5.74) is 1.95. The lowest BCUT2D eigenvalue weighted by molar-refractivity contribution is -0.122. The van der Waals surface area contributed by atoms with Gasteiger partial charge in [-0.2, -0.15) is 0 Å². The Hall–Kier alpha value is -2.78. The van der Waals surface area contributed by atoms with E-state index in [2.05, 4.69) is 17.1 Å². The van der Waals surface area contributed by atoms with Gasteiger partial charge in [0.2, 0.25) is 11.8 Å². The molecule has 2 amide bonds. The molecule has 3 heterocycles. The summed E-state index contributed by atoms with van der Waals surface area (Å²) in [5, 5.41) is 3.39. The van der Waals surface area contributed by atoms with E-state index in [-0.39, 0.29) is 37.2 Å². The molecule has 0 bridgehead atoms. The van der Waals surface area contributed by atoms with E-state index >= 15 is 0 Å². The highest BCUT2D eigenvalue weighted by Crippen LogP contribution is 2.38. The number of esters is 1. The van der Waals surface area contributed by atoms with Gasteiger partial charge in [-0.15, -0.1) is 11.3 Å². The topological polar surface area (TPSA) is 78.9 Å². The minimum absolute atomic E-state index is 0.0622. The summed E-state index contributed by atoms with van der Waals surface area (Å²) >= 11 is 1.41. The van der Waals surface area contributed by atoms with Crippen LogP contribution in [0.2, 0.25) is 0 Å². The van der Waals surface area contributed by atoms with Gasteiger partial charge in [-0.1, -0.05) is 6.92 Å². The number of amides is 2. The van der Waals surface area contributed by atoms with Crippen molar-refractivity contribution < 1.29 is 23.5 Å². The van der Waals surface area contributed by atoms with Crippen molar-refractivity contribution in [3.63, 3.8) is 0 Å². The largest absolute Gasteiger partial charge is 0.462 e. The molecule has 2 aliphatic rings. The molecule has 32 heavy (non-hydrogen) atoms. The van der Waals surface area contributed by atoms with Crippen LogP contribution < -0.4 is 10.2 Å². The van der Waals surface area contributed by atoms with E-state index in [9.17, 15) is 18.8 Å². The predicted octanol–water partition coefficient (Wildman–Crippen LogP) is 3.43. The third-order valence-corrected chi connectivity index (χ3v) is 7.07. The van der Waals surface area contributed by atoms with Gasteiger partial charge in [0, 0.05) is 36.6 Å². The number of benzene rings is 1. The first-order valence-electron chi connectivity index (χ1n) is 10.8. The first-order chi connectivity index (χ1) is 15.4. The summed E-state index contributed by atoms with van der Waals surface area (Å²) in [7, 11) is 0. The van der Waals surface area contributed by atoms with Gasteiger partial charge in [0.1, 0.15) is 10.8 Å². The fourth-order valence-corrected chi connectivity index (χ4v) is 5.48. The highest BCUT2D eigenvalue weighted by Gasteiger charge is 2.37. The number of rotatable bonds is 6. The van der Waals surface area contributed by atoms with Crippen LogP contribution in [-0.4, -0.2) is 48.9 Å². The molecule has 170 valence electrons. The van der Waals surface area contributed by atoms with Gasteiger partial charge in [-0.25, -0.2) is 9.18 Å². The molecule has 1 N–H and O–H groups in total. The number of likely N-dealkylation sites (N-methyl/N-ethyl adjacent to an activating group) is 1. The van der Waals surface area contributed by atoms with Crippen molar-refractivity contribution in [1.29, 1.82) is 0 Å². The molecule has 1 aromatic heterocycles. The van der Waals surface area contributed by atoms with E-state index in [1.54, 1.807) is 6.92 Å². The fourth-order valence-electron chi connectivity index (χ4n) is 4.20. The number of carbonyl (C=O) groups is 3. The van der Waals surface area contributed by atoms with Crippen molar-refractivity contribution in [2.24, 2.45) is 5.92 Å². The number of hydrogen-bond donors (Lipinski definition) is 1. The third kappa shape index (κ3) is 4.40. The molecule has 9 heteroatoms. The Kier molecular flexibility index (Phi) is 6.57. The zero-order chi connectivity index (χ0) is 22.8. The monoisotopic (exact) mass is 459 g/mol. The second-order valence-corrected chi connectivity index (χ2v) is 9.02. The maximum Gasteiger partial charge on any atom is 0.341 e. The Labute approximate surface area is 190 Å². The predicted molar refractivity (Wildman–Crippen MR) is 120 cm³/mol. The minimum atomic E-state index is -0.561. The van der Waals surface area contributed by atoms with Gasteiger partial charge < -0.3 is 15.0 Å². The van der Waals surface area contributed by atoms with E-state index in [4.69, 9.17) is 4.74 Å². The minimum Gasteiger partial charge on any atom is -0.462 e. The standard InChI is InChI=1S/C23H26FN3O4S/c1-3-26-10-9-17-18(13-26)32-22(20(17)23(30)31-4-2)25-21(29)14-11-19(28)27(12-14)16-7-5-15(24)6-8-16/h5-8,14H,3-4,9-13H2,1-2H3,(H,25,29). The SMILES string of the molecule is CCOC(=O)c1c(NC(=O)C2CC(=O)N(c3ccc(F)cc3)C2)sc2c1CCN(CC)C2. The van der Waals surface area contributed by atoms with Crippen molar-refractivity contribution >= 4 is 39.8 Å². The van der Waals surface area contributed by atoms with E-state index in [0.717, 1.165) is 36.5 Å². The highest BCUT2D eigenvalue weighted by molar-refractivity contribution is 7.17. The van der Waals surface area contributed by atoms with Gasteiger partial charge in [-0.05, 0) is 49.7 Å². The average molecular weight is 460 g/mol. The second-order valence-electron chi connectivity index (χ2n) is 7.92. The number of nitrogens with one attached hydrogen (secondary N) is 1. The van der Waals surface area contributed by atoms with Crippen molar-refractivity contribution in [2.45, 2.75) is 33.2 Å². The molecule has 1 atom stereocenters. The van der Waals surface area contributed by atoms with Gasteiger partial charge in [-0.3, -0.25) is 14.5 Å². The number of hydrogen-bond acceptors (Lipinski definition) is 6. The van der Waals surface area contributed by atoms with Crippen LogP contribution in [0.3, 0.4) is 0 Å². The van der Waals surface area contributed by atoms with Crippen molar-refractivity contribution in [2.75, 3.05) is 36.5 Å². The molecule has 2 aromatic rings. The second kappa shape index (κ2) is 9.38. The lowest BCUT2D eigenvalue weighted by atomic mass is 10.0. The van der Waals surface area contributed by atoms with E-state index in [1.165, 1.54) is 40.5 Å². The summed E-state index contributed by atoms with van der Waals surface area (Å²) in [6.07, 6.45) is 0.788. The van der Waals surface area contributed by atoms with Crippen LogP contribution in [0.25, 0.3) is 0 Å². The molecule has 0 saturated carbocycles. The summed E-state index contributed by atoms with van der Waals surface area (Å²) in [4.78, 5) is 43.1. The number of fused-ring (bicyclic) bond motifs is 1. The molecule has 1 saturated heterocycles. The molecular formula is C23H26FN3O4S. The van der Waals surface area contributed by atoms with E-state index in [0.29, 0.717) is 16.3 Å². The van der Waals surface area contributed by atoms with Crippen LogP contribution in [0.1, 0.15) is 41.1 Å². The molecule has 1 fully saturated rings. The van der Waals surface area contributed by atoms with Gasteiger partial charge >= 0.3 is 5.97 Å². The Bertz CT molecular complexity index is 1040. The van der Waals surface area contributed by atoms with Crippen LogP contribution in [0.4, 0.5) is 15.1 Å². The van der Waals surface area contributed by atoms with Crippen LogP contribution in [0.15, 0.2) is 24.3 Å². The lowest BCUT2D eigenvalue weighted by Gasteiger charge is -2.25. The molecule has 1 aromatic carbocycles. The average Bonchev–Trinajstić information content (AvgIpc) is 3.34. The Morgan fingerprint density at radius 1 is 1.25 bits per heavy atom. The number of anilines is 2. The molecule has 7 nitrogen and oxygen atoms in total. The molecule has 4 rings (SSSR count). The van der Waals surface area contributed by atoms with Crippen molar-refractivity contribution in [1.82, 2.24) is 4.90 Å². The molecule has 2 aliphatic heterocycles. The molecular weight excluding hydrogens is 433 g/mol. The maximum atomic E-state index is 13.2. The zero-order valence-electron chi connectivity index (χ0n) is 18.2. The number of thiophene rings is 1. The zero-order valence-corrected chi connectivity index (χ0v) is 19.0. The number of ether oxygens (including phenoxy) is 1. The highest BCUT2D eigenvalue weighted by atomic mass is 32.1. The van der Waals surface area contributed by atoms with Crippen LogP contribution in [0, 0.1) is 11.7 Å². The van der Waals surface area contributed by atoms with Gasteiger partial charge in [0.25, 0.3) is 0 Å². The number of halogens is 1. The molecule has 0 aliphatic carbocycles.